The highest BCUT2D eigenvalue weighted by atomic mass is 32.2. The van der Waals surface area contributed by atoms with Gasteiger partial charge in [0.15, 0.2) is 0 Å². The lowest BCUT2D eigenvalue weighted by molar-refractivity contribution is 0.125. The number of rotatable bonds is 8. The van der Waals surface area contributed by atoms with Crippen LogP contribution in [0.4, 0.5) is 0 Å². The summed E-state index contributed by atoms with van der Waals surface area (Å²) in [6.07, 6.45) is 2.09. The van der Waals surface area contributed by atoms with Crippen molar-refractivity contribution in [2.24, 2.45) is 5.73 Å². The molecule has 0 saturated carbocycles. The lowest BCUT2D eigenvalue weighted by Gasteiger charge is -2.30. The Hall–Kier alpha value is -0.550. The third-order valence-electron chi connectivity index (χ3n) is 3.15. The van der Waals surface area contributed by atoms with Gasteiger partial charge < -0.3 is 10.5 Å². The maximum atomic E-state index is 5.94. The van der Waals surface area contributed by atoms with Gasteiger partial charge in [0.05, 0.1) is 6.61 Å². The minimum absolute atomic E-state index is 0.279. The van der Waals surface area contributed by atoms with E-state index in [9.17, 15) is 0 Å². The smallest absolute Gasteiger partial charge is 0.0589 e. The van der Waals surface area contributed by atoms with Gasteiger partial charge in [0.1, 0.15) is 0 Å². The van der Waals surface area contributed by atoms with E-state index in [1.54, 1.807) is 18.9 Å². The van der Waals surface area contributed by atoms with Crippen molar-refractivity contribution < 1.29 is 4.74 Å². The van der Waals surface area contributed by atoms with E-state index in [0.29, 0.717) is 6.54 Å². The van der Waals surface area contributed by atoms with Gasteiger partial charge in [-0.15, -0.1) is 11.8 Å². The van der Waals surface area contributed by atoms with Crippen molar-refractivity contribution in [1.82, 2.24) is 4.90 Å². The van der Waals surface area contributed by atoms with E-state index in [0.717, 1.165) is 19.7 Å². The summed E-state index contributed by atoms with van der Waals surface area (Å²) in [7, 11) is 1.73. The molecule has 0 aliphatic rings. The zero-order valence-electron chi connectivity index (χ0n) is 11.6. The number of ether oxygens (including phenoxy) is 1. The lowest BCUT2D eigenvalue weighted by atomic mass is 10.1. The molecule has 0 saturated heterocycles. The number of hydrogen-bond donors (Lipinski definition) is 1. The molecule has 0 fully saturated rings. The van der Waals surface area contributed by atoms with E-state index in [2.05, 4.69) is 42.3 Å². The standard InChI is InChI=1S/C14H24N2OS/c1-4-16(9-10-17-2)14(11-15)12-5-7-13(18-3)8-6-12/h5-8,14H,4,9-11,15H2,1-3H3. The number of likely N-dealkylation sites (N-methyl/N-ethyl adjacent to an activating group) is 1. The summed E-state index contributed by atoms with van der Waals surface area (Å²) in [6, 6.07) is 8.96. The van der Waals surface area contributed by atoms with Crippen LogP contribution in [0.25, 0.3) is 0 Å². The molecule has 3 nitrogen and oxygen atoms in total. The van der Waals surface area contributed by atoms with Crippen LogP contribution in [0.2, 0.25) is 0 Å². The van der Waals surface area contributed by atoms with Crippen molar-refractivity contribution in [2.75, 3.05) is 39.6 Å². The molecule has 0 bridgehead atoms. The highest BCUT2D eigenvalue weighted by Crippen LogP contribution is 2.22. The fraction of sp³-hybridized carbons (Fsp3) is 0.571. The van der Waals surface area contributed by atoms with Crippen molar-refractivity contribution in [3.63, 3.8) is 0 Å². The van der Waals surface area contributed by atoms with Crippen LogP contribution in [0.5, 0.6) is 0 Å². The van der Waals surface area contributed by atoms with Crippen molar-refractivity contribution in [2.45, 2.75) is 17.9 Å². The van der Waals surface area contributed by atoms with Gasteiger partial charge >= 0.3 is 0 Å². The average molecular weight is 268 g/mol. The molecule has 4 heteroatoms. The quantitative estimate of drug-likeness (QED) is 0.735. The van der Waals surface area contributed by atoms with Crippen molar-refractivity contribution in [3.8, 4) is 0 Å². The van der Waals surface area contributed by atoms with E-state index in [4.69, 9.17) is 10.5 Å². The van der Waals surface area contributed by atoms with Crippen LogP contribution in [-0.2, 0) is 4.74 Å². The molecule has 18 heavy (non-hydrogen) atoms. The predicted octanol–water partition coefficient (Wildman–Crippen LogP) is 2.38. The molecule has 1 unspecified atom stereocenters. The third-order valence-corrected chi connectivity index (χ3v) is 3.90. The van der Waals surface area contributed by atoms with E-state index in [-0.39, 0.29) is 6.04 Å². The second kappa shape index (κ2) is 8.53. The molecule has 1 rings (SSSR count). The van der Waals surface area contributed by atoms with Gasteiger partial charge in [0.25, 0.3) is 0 Å². The Labute approximate surface area is 115 Å². The maximum absolute atomic E-state index is 5.94. The fourth-order valence-electron chi connectivity index (χ4n) is 2.06. The summed E-state index contributed by atoms with van der Waals surface area (Å²) >= 11 is 1.76. The topological polar surface area (TPSA) is 38.5 Å². The van der Waals surface area contributed by atoms with Crippen LogP contribution in [-0.4, -0.2) is 44.5 Å². The summed E-state index contributed by atoms with van der Waals surface area (Å²) in [4.78, 5) is 3.65. The van der Waals surface area contributed by atoms with Crippen LogP contribution in [0.3, 0.4) is 0 Å². The number of methoxy groups -OCH3 is 1. The molecule has 1 aromatic rings. The van der Waals surface area contributed by atoms with Crippen LogP contribution in [0.15, 0.2) is 29.2 Å². The van der Waals surface area contributed by atoms with Gasteiger partial charge in [-0.05, 0) is 30.5 Å². The first-order chi connectivity index (χ1) is 8.76. The zero-order chi connectivity index (χ0) is 13.4. The monoisotopic (exact) mass is 268 g/mol. The molecule has 0 aliphatic carbocycles. The second-order valence-corrected chi connectivity index (χ2v) is 5.03. The summed E-state index contributed by atoms with van der Waals surface area (Å²) in [5, 5.41) is 0. The molecule has 0 amide bonds. The van der Waals surface area contributed by atoms with Gasteiger partial charge in [-0.1, -0.05) is 19.1 Å². The van der Waals surface area contributed by atoms with Crippen molar-refractivity contribution in [1.29, 1.82) is 0 Å². The first-order valence-corrected chi connectivity index (χ1v) is 7.56. The first-order valence-electron chi connectivity index (χ1n) is 6.33. The van der Waals surface area contributed by atoms with Gasteiger partial charge in [0.2, 0.25) is 0 Å². The molecule has 0 radical (unpaired) electrons. The van der Waals surface area contributed by atoms with Crippen LogP contribution in [0, 0.1) is 0 Å². The molecule has 0 aliphatic heterocycles. The van der Waals surface area contributed by atoms with E-state index in [1.165, 1.54) is 10.5 Å². The number of benzene rings is 1. The highest BCUT2D eigenvalue weighted by Gasteiger charge is 2.17. The predicted molar refractivity (Wildman–Crippen MR) is 79.1 cm³/mol. The van der Waals surface area contributed by atoms with Crippen LogP contribution in [0.1, 0.15) is 18.5 Å². The maximum Gasteiger partial charge on any atom is 0.0589 e. The minimum Gasteiger partial charge on any atom is -0.383 e. The van der Waals surface area contributed by atoms with E-state index in [1.807, 2.05) is 0 Å². The normalized spacial score (nSPS) is 12.9. The first kappa shape index (κ1) is 15.5. The second-order valence-electron chi connectivity index (χ2n) is 4.15. The molecular weight excluding hydrogens is 244 g/mol. The Kier molecular flexibility index (Phi) is 7.35. The molecule has 0 spiro atoms. The summed E-state index contributed by atoms with van der Waals surface area (Å²) in [6.45, 7) is 5.44. The van der Waals surface area contributed by atoms with Gasteiger partial charge in [-0.3, -0.25) is 4.90 Å². The average Bonchev–Trinajstić information content (AvgIpc) is 2.43. The molecular formula is C14H24N2OS. The largest absolute Gasteiger partial charge is 0.383 e. The van der Waals surface area contributed by atoms with Crippen molar-refractivity contribution >= 4 is 11.8 Å². The lowest BCUT2D eigenvalue weighted by Crippen LogP contribution is -2.35. The fourth-order valence-corrected chi connectivity index (χ4v) is 2.47. The van der Waals surface area contributed by atoms with E-state index >= 15 is 0 Å². The van der Waals surface area contributed by atoms with E-state index < -0.39 is 0 Å². The molecule has 2 N–H and O–H groups in total. The Morgan fingerprint density at radius 3 is 2.44 bits per heavy atom. The molecule has 0 heterocycles. The van der Waals surface area contributed by atoms with Crippen molar-refractivity contribution in [3.05, 3.63) is 29.8 Å². The number of nitrogens with zero attached hydrogens (tertiary/aromatic N) is 1. The summed E-state index contributed by atoms with van der Waals surface area (Å²) in [5.74, 6) is 0. The molecule has 0 aromatic heterocycles. The Morgan fingerprint density at radius 1 is 1.33 bits per heavy atom. The van der Waals surface area contributed by atoms with Gasteiger partial charge in [0, 0.05) is 31.1 Å². The van der Waals surface area contributed by atoms with Gasteiger partial charge in [-0.2, -0.15) is 0 Å². The number of thioether (sulfide) groups is 1. The Balaban J connectivity index is 2.78. The SMILES string of the molecule is CCN(CCOC)C(CN)c1ccc(SC)cc1. The molecule has 1 aromatic carbocycles. The summed E-state index contributed by atoms with van der Waals surface area (Å²) < 4.78 is 5.16. The Bertz CT molecular complexity index is 329. The molecule has 102 valence electrons. The Morgan fingerprint density at radius 2 is 2.00 bits per heavy atom. The number of nitrogens with two attached hydrogens (primary N) is 1. The zero-order valence-corrected chi connectivity index (χ0v) is 12.4. The van der Waals surface area contributed by atoms with Gasteiger partial charge in [-0.25, -0.2) is 0 Å². The molecule has 1 atom stereocenters. The third kappa shape index (κ3) is 4.28. The number of hydrogen-bond acceptors (Lipinski definition) is 4. The highest BCUT2D eigenvalue weighted by molar-refractivity contribution is 7.98. The van der Waals surface area contributed by atoms with Crippen LogP contribution >= 0.6 is 11.8 Å². The summed E-state index contributed by atoms with van der Waals surface area (Å²) in [5.41, 5.74) is 7.22. The van der Waals surface area contributed by atoms with Crippen LogP contribution < -0.4 is 5.73 Å². The minimum atomic E-state index is 0.279.